The Balaban J connectivity index is 1.00. The number of hydrogen-bond donors (Lipinski definition) is 0. The highest BCUT2D eigenvalue weighted by molar-refractivity contribution is 8.23. The highest BCUT2D eigenvalue weighted by Gasteiger charge is 2.31. The molecule has 2 aliphatic rings. The number of quaternary nitrogens is 2. The van der Waals surface area contributed by atoms with Crippen LogP contribution in [0, 0.1) is 0 Å². The molecule has 2 saturated heterocycles. The second-order valence-corrected chi connectivity index (χ2v) is 15.5. The molecule has 0 radical (unpaired) electrons. The molecule has 0 aliphatic carbocycles. The van der Waals surface area contributed by atoms with E-state index in [1.54, 1.807) is 0 Å². The summed E-state index contributed by atoms with van der Waals surface area (Å²) in [5.74, 6) is 2.29. The smallest absolute Gasteiger partial charge is 0.136 e. The van der Waals surface area contributed by atoms with Crippen molar-refractivity contribution in [1.82, 2.24) is 9.80 Å². The number of benzene rings is 2. The maximum absolute atomic E-state index is 5.79. The third-order valence-electron chi connectivity index (χ3n) is 8.46. The number of nitrogens with zero attached hydrogens (tertiary/aromatic N) is 4. The maximum Gasteiger partial charge on any atom is 0.136 e. The lowest BCUT2D eigenvalue weighted by Crippen LogP contribution is -2.57. The Morgan fingerprint density at radius 1 is 0.600 bits per heavy atom. The molecule has 2 heterocycles. The fraction of sp³-hybridized carbons (Fsp3) is 0.562. The third-order valence-corrected chi connectivity index (χ3v) is 11.7. The molecule has 2 fully saturated rings. The molecular formula is C32H48N4S4+2. The van der Waals surface area contributed by atoms with E-state index in [0.29, 0.717) is 0 Å². The lowest BCUT2D eigenvalue weighted by atomic mass is 10.1. The van der Waals surface area contributed by atoms with Crippen LogP contribution in [0.2, 0.25) is 0 Å². The number of unbranched alkanes of at least 4 members (excludes halogenated alkanes) is 3. The maximum atomic E-state index is 5.79. The molecule has 4 rings (SSSR count). The van der Waals surface area contributed by atoms with E-state index >= 15 is 0 Å². The van der Waals surface area contributed by atoms with Gasteiger partial charge in [0.25, 0.3) is 0 Å². The van der Waals surface area contributed by atoms with E-state index in [2.05, 4.69) is 84.6 Å². The highest BCUT2D eigenvalue weighted by atomic mass is 32.2. The van der Waals surface area contributed by atoms with Crippen molar-refractivity contribution in [2.24, 2.45) is 0 Å². The zero-order valence-corrected chi connectivity index (χ0v) is 27.8. The third kappa shape index (κ3) is 10.3. The van der Waals surface area contributed by atoms with Crippen LogP contribution < -0.4 is 0 Å². The van der Waals surface area contributed by atoms with E-state index in [0.717, 1.165) is 68.4 Å². The van der Waals surface area contributed by atoms with E-state index in [-0.39, 0.29) is 0 Å². The topological polar surface area (TPSA) is 6.48 Å². The molecule has 40 heavy (non-hydrogen) atoms. The molecule has 0 bridgehead atoms. The molecule has 0 aromatic heterocycles. The van der Waals surface area contributed by atoms with Crippen LogP contribution in [0.4, 0.5) is 0 Å². The van der Waals surface area contributed by atoms with Gasteiger partial charge in [0.15, 0.2) is 0 Å². The molecule has 2 aromatic rings. The largest absolute Gasteiger partial charge is 0.346 e. The number of thiocarbonyl (C=S) groups is 2. The molecule has 0 atom stereocenters. The summed E-state index contributed by atoms with van der Waals surface area (Å²) in [5, 5.41) is 0. The minimum atomic E-state index is 1.08. The molecule has 0 saturated carbocycles. The van der Waals surface area contributed by atoms with Crippen molar-refractivity contribution in [2.45, 2.75) is 38.8 Å². The number of piperazine rings is 2. The van der Waals surface area contributed by atoms with Gasteiger partial charge in [-0.15, -0.1) is 0 Å². The van der Waals surface area contributed by atoms with Gasteiger partial charge < -0.3 is 18.8 Å². The molecule has 2 aliphatic heterocycles. The number of rotatable bonds is 11. The van der Waals surface area contributed by atoms with Crippen molar-refractivity contribution in [3.8, 4) is 0 Å². The van der Waals surface area contributed by atoms with Gasteiger partial charge in [0, 0.05) is 22.6 Å². The Morgan fingerprint density at radius 2 is 0.950 bits per heavy atom. The van der Waals surface area contributed by atoms with Gasteiger partial charge in [0.1, 0.15) is 21.7 Å². The molecule has 0 N–H and O–H groups in total. The van der Waals surface area contributed by atoms with Crippen LogP contribution in [0.1, 0.15) is 36.8 Å². The van der Waals surface area contributed by atoms with E-state index < -0.39 is 0 Å². The highest BCUT2D eigenvalue weighted by Crippen LogP contribution is 2.22. The van der Waals surface area contributed by atoms with Crippen molar-refractivity contribution < 1.29 is 8.97 Å². The second kappa shape index (κ2) is 15.9. The first kappa shape index (κ1) is 31.8. The fourth-order valence-corrected chi connectivity index (χ4v) is 8.33. The molecule has 218 valence electrons. The van der Waals surface area contributed by atoms with Gasteiger partial charge in [-0.05, 0) is 12.8 Å². The van der Waals surface area contributed by atoms with E-state index in [9.17, 15) is 0 Å². The van der Waals surface area contributed by atoms with Gasteiger partial charge in [0.05, 0.1) is 66.5 Å². The van der Waals surface area contributed by atoms with Gasteiger partial charge in [0.2, 0.25) is 0 Å². The second-order valence-electron chi connectivity index (χ2n) is 12.0. The Kier molecular flexibility index (Phi) is 12.6. The summed E-state index contributed by atoms with van der Waals surface area (Å²) in [6, 6.07) is 21.8. The van der Waals surface area contributed by atoms with Gasteiger partial charge >= 0.3 is 0 Å². The Labute approximate surface area is 262 Å². The molecular weight excluding hydrogens is 569 g/mol. The SMILES string of the molecule is C[N+]1(Cc2ccccc2)CCN(C(=S)SCCCCCCSC(=S)N2CC[N+](C)(Cc3ccccc3)CC2)CC1. The predicted octanol–water partition coefficient (Wildman–Crippen LogP) is 6.51. The zero-order valence-electron chi connectivity index (χ0n) is 24.5. The lowest BCUT2D eigenvalue weighted by molar-refractivity contribution is -0.925. The minimum absolute atomic E-state index is 1.08. The Morgan fingerprint density at radius 3 is 1.30 bits per heavy atom. The lowest BCUT2D eigenvalue weighted by Gasteiger charge is -2.42. The first-order chi connectivity index (χ1) is 19.3. The van der Waals surface area contributed by atoms with Crippen molar-refractivity contribution in [3.05, 3.63) is 71.8 Å². The summed E-state index contributed by atoms with van der Waals surface area (Å²) in [7, 11) is 4.78. The monoisotopic (exact) mass is 616 g/mol. The summed E-state index contributed by atoms with van der Waals surface area (Å²) in [6.45, 7) is 11.2. The summed E-state index contributed by atoms with van der Waals surface area (Å²) >= 11 is 15.4. The average Bonchev–Trinajstić information content (AvgIpc) is 2.95. The normalized spacial score (nSPS) is 18.4. The van der Waals surface area contributed by atoms with E-state index in [4.69, 9.17) is 24.4 Å². The van der Waals surface area contributed by atoms with Crippen LogP contribution in [0.5, 0.6) is 0 Å². The minimum Gasteiger partial charge on any atom is -0.346 e. The van der Waals surface area contributed by atoms with Crippen molar-refractivity contribution in [2.75, 3.05) is 78.0 Å². The average molecular weight is 617 g/mol. The van der Waals surface area contributed by atoms with Crippen molar-refractivity contribution in [1.29, 1.82) is 0 Å². The van der Waals surface area contributed by atoms with Crippen LogP contribution in [-0.4, -0.2) is 105 Å². The van der Waals surface area contributed by atoms with Gasteiger partial charge in [-0.2, -0.15) is 0 Å². The fourth-order valence-electron chi connectivity index (χ4n) is 5.68. The zero-order chi connectivity index (χ0) is 28.3. The number of thioether (sulfide) groups is 2. The first-order valence-corrected chi connectivity index (χ1v) is 17.7. The molecule has 8 heteroatoms. The Bertz CT molecular complexity index is 964. The number of likely N-dealkylation sites (N-methyl/N-ethyl adjacent to an activating group) is 2. The molecule has 2 aromatic carbocycles. The van der Waals surface area contributed by atoms with E-state index in [1.165, 1.54) is 63.0 Å². The van der Waals surface area contributed by atoms with E-state index in [1.807, 2.05) is 23.5 Å². The van der Waals surface area contributed by atoms with Crippen LogP contribution in [0.25, 0.3) is 0 Å². The van der Waals surface area contributed by atoms with Crippen molar-refractivity contribution in [3.63, 3.8) is 0 Å². The van der Waals surface area contributed by atoms with Crippen LogP contribution >= 0.6 is 48.0 Å². The van der Waals surface area contributed by atoms with Crippen LogP contribution in [0.3, 0.4) is 0 Å². The molecule has 0 amide bonds. The standard InChI is InChI=1S/C32H48N4S4/c1-35(27-29-13-7-5-8-14-29)21-17-33(18-22-35)31(37)39-25-11-3-4-12-26-40-32(38)34-19-23-36(2,24-20-34)28-30-15-9-6-10-16-30/h5-10,13-16H,3-4,11-12,17-28H2,1-2H3/q+2. The molecule has 4 nitrogen and oxygen atoms in total. The van der Waals surface area contributed by atoms with Crippen LogP contribution in [0.15, 0.2) is 60.7 Å². The molecule has 0 spiro atoms. The summed E-state index contributed by atoms with van der Waals surface area (Å²) in [6.07, 6.45) is 5.07. The van der Waals surface area contributed by atoms with Gasteiger partial charge in [-0.1, -0.05) is 121 Å². The first-order valence-electron chi connectivity index (χ1n) is 14.9. The van der Waals surface area contributed by atoms with Crippen molar-refractivity contribution >= 4 is 56.6 Å². The summed E-state index contributed by atoms with van der Waals surface area (Å²) < 4.78 is 4.43. The summed E-state index contributed by atoms with van der Waals surface area (Å²) in [4.78, 5) is 4.87. The number of hydrogen-bond acceptors (Lipinski definition) is 4. The predicted molar refractivity (Wildman–Crippen MR) is 184 cm³/mol. The summed E-state index contributed by atoms with van der Waals surface area (Å²) in [5.41, 5.74) is 2.87. The Hall–Kier alpha value is -1.16. The van der Waals surface area contributed by atoms with Gasteiger partial charge in [-0.3, -0.25) is 0 Å². The van der Waals surface area contributed by atoms with Crippen LogP contribution in [-0.2, 0) is 13.1 Å². The molecule has 0 unspecified atom stereocenters. The van der Waals surface area contributed by atoms with Gasteiger partial charge in [-0.25, -0.2) is 0 Å². The quantitative estimate of drug-likeness (QED) is 0.160.